The summed E-state index contributed by atoms with van der Waals surface area (Å²) in [7, 11) is 0. The maximum Gasteiger partial charge on any atom is 0.306 e. The Morgan fingerprint density at radius 3 is 0.800 bits per heavy atom. The molecule has 0 aromatic carbocycles. The van der Waals surface area contributed by atoms with Gasteiger partial charge in [0.05, 0.1) is 6.61 Å². The minimum Gasteiger partial charge on any atom is -0.462 e. The van der Waals surface area contributed by atoms with E-state index in [1.54, 1.807) is 0 Å². The number of aliphatic hydroxyl groups excluding tert-OH is 1. The largest absolute Gasteiger partial charge is 0.462 e. The van der Waals surface area contributed by atoms with E-state index in [-0.39, 0.29) is 25.2 Å². The summed E-state index contributed by atoms with van der Waals surface area (Å²) in [5.74, 6) is -0.567. The number of carbonyl (C=O) groups is 2. The van der Waals surface area contributed by atoms with E-state index in [2.05, 4.69) is 13.8 Å². The Hall–Kier alpha value is -1.10. The molecule has 0 aromatic rings. The van der Waals surface area contributed by atoms with E-state index in [0.717, 1.165) is 32.1 Å². The first-order chi connectivity index (χ1) is 27.1. The topological polar surface area (TPSA) is 72.8 Å². The van der Waals surface area contributed by atoms with Crippen LogP contribution in [0.15, 0.2) is 0 Å². The maximum atomic E-state index is 12.2. The van der Waals surface area contributed by atoms with E-state index < -0.39 is 6.10 Å². The molecule has 5 nitrogen and oxygen atoms in total. The third-order valence-electron chi connectivity index (χ3n) is 11.7. The molecule has 0 saturated heterocycles. The van der Waals surface area contributed by atoms with Crippen LogP contribution in [0.4, 0.5) is 0 Å². The quantitative estimate of drug-likeness (QED) is 0.0492. The average Bonchev–Trinajstić information content (AvgIpc) is 3.19. The van der Waals surface area contributed by atoms with Gasteiger partial charge in [-0.3, -0.25) is 9.59 Å². The fraction of sp³-hybridized carbons (Fsp3) is 0.960. The molecular weight excluding hydrogens is 681 g/mol. The van der Waals surface area contributed by atoms with E-state index in [1.165, 1.54) is 231 Å². The van der Waals surface area contributed by atoms with E-state index in [4.69, 9.17) is 9.47 Å². The van der Waals surface area contributed by atoms with Crippen LogP contribution in [-0.2, 0) is 19.1 Å². The first-order valence-corrected chi connectivity index (χ1v) is 25.1. The van der Waals surface area contributed by atoms with Crippen molar-refractivity contribution in [2.75, 3.05) is 13.2 Å². The van der Waals surface area contributed by atoms with Gasteiger partial charge in [0.25, 0.3) is 0 Å². The van der Waals surface area contributed by atoms with Gasteiger partial charge in [-0.25, -0.2) is 0 Å². The van der Waals surface area contributed by atoms with Gasteiger partial charge in [0, 0.05) is 12.8 Å². The van der Waals surface area contributed by atoms with Gasteiger partial charge in [0.15, 0.2) is 6.10 Å². The molecule has 1 atom stereocenters. The molecule has 0 aromatic heterocycles. The summed E-state index contributed by atoms with van der Waals surface area (Å²) >= 11 is 0. The van der Waals surface area contributed by atoms with E-state index in [1.807, 2.05) is 0 Å². The predicted octanol–water partition coefficient (Wildman–Crippen LogP) is 16.2. The Kier molecular flexibility index (Phi) is 46.3. The number of ether oxygens (including phenoxy) is 2. The van der Waals surface area contributed by atoms with Crippen molar-refractivity contribution in [2.24, 2.45) is 0 Å². The molecule has 0 bridgehead atoms. The van der Waals surface area contributed by atoms with Crippen LogP contribution in [0, 0.1) is 0 Å². The number of esters is 2. The fourth-order valence-electron chi connectivity index (χ4n) is 7.85. The van der Waals surface area contributed by atoms with Crippen LogP contribution in [0.1, 0.15) is 290 Å². The summed E-state index contributed by atoms with van der Waals surface area (Å²) in [6.45, 7) is 4.20. The molecule has 0 aliphatic carbocycles. The zero-order valence-corrected chi connectivity index (χ0v) is 37.5. The molecule has 0 aliphatic rings. The lowest BCUT2D eigenvalue weighted by atomic mass is 10.0. The first-order valence-electron chi connectivity index (χ1n) is 25.1. The van der Waals surface area contributed by atoms with Gasteiger partial charge in [-0.1, -0.05) is 264 Å². The number of rotatable bonds is 47. The predicted molar refractivity (Wildman–Crippen MR) is 238 cm³/mol. The molecule has 328 valence electrons. The van der Waals surface area contributed by atoms with Crippen molar-refractivity contribution in [2.45, 2.75) is 296 Å². The number of aliphatic hydroxyl groups is 1. The number of unbranched alkanes of at least 4 members (excludes halogenated alkanes) is 39. The highest BCUT2D eigenvalue weighted by atomic mass is 16.6. The Bertz CT molecular complexity index is 754. The summed E-state index contributed by atoms with van der Waals surface area (Å²) in [5.41, 5.74) is 0. The normalized spacial score (nSPS) is 12.0. The monoisotopic (exact) mass is 779 g/mol. The number of carbonyl (C=O) groups excluding carboxylic acids is 2. The van der Waals surface area contributed by atoms with Crippen molar-refractivity contribution in [3.8, 4) is 0 Å². The molecule has 0 saturated carbocycles. The average molecular weight is 779 g/mol. The van der Waals surface area contributed by atoms with Crippen LogP contribution in [0.5, 0.6) is 0 Å². The minimum atomic E-state index is -0.763. The molecule has 0 radical (unpaired) electrons. The zero-order valence-electron chi connectivity index (χ0n) is 37.5. The van der Waals surface area contributed by atoms with Crippen molar-refractivity contribution >= 4 is 11.9 Å². The van der Waals surface area contributed by atoms with Crippen molar-refractivity contribution < 1.29 is 24.2 Å². The van der Waals surface area contributed by atoms with Gasteiger partial charge < -0.3 is 14.6 Å². The smallest absolute Gasteiger partial charge is 0.306 e. The Morgan fingerprint density at radius 2 is 0.564 bits per heavy atom. The van der Waals surface area contributed by atoms with Crippen LogP contribution < -0.4 is 0 Å². The Labute approximate surface area is 344 Å². The second-order valence-corrected chi connectivity index (χ2v) is 17.3. The third-order valence-corrected chi connectivity index (χ3v) is 11.7. The van der Waals surface area contributed by atoms with Crippen molar-refractivity contribution in [3.05, 3.63) is 0 Å². The van der Waals surface area contributed by atoms with Crippen molar-refractivity contribution in [1.82, 2.24) is 0 Å². The molecule has 0 heterocycles. The molecule has 5 heteroatoms. The van der Waals surface area contributed by atoms with Crippen LogP contribution >= 0.6 is 0 Å². The van der Waals surface area contributed by atoms with Gasteiger partial charge in [-0.15, -0.1) is 0 Å². The molecule has 0 fully saturated rings. The van der Waals surface area contributed by atoms with Crippen LogP contribution in [-0.4, -0.2) is 36.4 Å². The standard InChI is InChI=1S/C50H98O5/c1-3-5-7-9-11-13-15-17-19-21-23-24-25-26-27-29-30-32-34-36-38-40-42-44-49(52)54-47-48(46-51)55-50(53)45-43-41-39-37-35-33-31-28-22-20-18-16-14-12-10-8-6-4-2/h48,51H,3-47H2,1-2H3/t48-/m0/s1. The van der Waals surface area contributed by atoms with Gasteiger partial charge >= 0.3 is 11.9 Å². The summed E-state index contributed by atoms with van der Waals surface area (Å²) in [6.07, 6.45) is 54.8. The van der Waals surface area contributed by atoms with Crippen LogP contribution in [0.25, 0.3) is 0 Å². The lowest BCUT2D eigenvalue weighted by Crippen LogP contribution is -2.28. The molecule has 0 amide bonds. The summed E-state index contributed by atoms with van der Waals surface area (Å²) in [5, 5.41) is 9.61. The summed E-state index contributed by atoms with van der Waals surface area (Å²) in [6, 6.07) is 0. The first kappa shape index (κ1) is 53.9. The highest BCUT2D eigenvalue weighted by Crippen LogP contribution is 2.17. The van der Waals surface area contributed by atoms with E-state index >= 15 is 0 Å². The van der Waals surface area contributed by atoms with E-state index in [0.29, 0.717) is 12.8 Å². The third kappa shape index (κ3) is 45.5. The van der Waals surface area contributed by atoms with Gasteiger partial charge in [-0.2, -0.15) is 0 Å². The summed E-state index contributed by atoms with van der Waals surface area (Å²) in [4.78, 5) is 24.4. The molecule has 55 heavy (non-hydrogen) atoms. The van der Waals surface area contributed by atoms with Crippen molar-refractivity contribution in [1.29, 1.82) is 0 Å². The highest BCUT2D eigenvalue weighted by Gasteiger charge is 2.16. The summed E-state index contributed by atoms with van der Waals surface area (Å²) < 4.78 is 10.7. The Balaban J connectivity index is 3.42. The molecule has 0 aliphatic heterocycles. The molecule has 0 rings (SSSR count). The highest BCUT2D eigenvalue weighted by molar-refractivity contribution is 5.70. The second-order valence-electron chi connectivity index (χ2n) is 17.3. The lowest BCUT2D eigenvalue weighted by molar-refractivity contribution is -0.161. The molecular formula is C50H98O5. The SMILES string of the molecule is CCCCCCCCCCCCCCCCCCCCCCCCCC(=O)OC[C@H](CO)OC(=O)CCCCCCCCCCCCCCCCCCCC. The molecule has 1 N–H and O–H groups in total. The van der Waals surface area contributed by atoms with E-state index in [9.17, 15) is 14.7 Å². The zero-order chi connectivity index (χ0) is 40.0. The second kappa shape index (κ2) is 47.3. The van der Waals surface area contributed by atoms with Gasteiger partial charge in [-0.05, 0) is 12.8 Å². The van der Waals surface area contributed by atoms with Gasteiger partial charge in [0.2, 0.25) is 0 Å². The fourth-order valence-corrected chi connectivity index (χ4v) is 7.85. The Morgan fingerprint density at radius 1 is 0.345 bits per heavy atom. The molecule has 0 unspecified atom stereocenters. The minimum absolute atomic E-state index is 0.0560. The van der Waals surface area contributed by atoms with Crippen LogP contribution in [0.2, 0.25) is 0 Å². The van der Waals surface area contributed by atoms with Gasteiger partial charge in [0.1, 0.15) is 6.61 Å². The number of hydrogen-bond acceptors (Lipinski definition) is 5. The van der Waals surface area contributed by atoms with Crippen molar-refractivity contribution in [3.63, 3.8) is 0 Å². The molecule has 0 spiro atoms. The maximum absolute atomic E-state index is 12.2. The van der Waals surface area contributed by atoms with Crippen LogP contribution in [0.3, 0.4) is 0 Å². The lowest BCUT2D eigenvalue weighted by Gasteiger charge is -2.15. The number of hydrogen-bond donors (Lipinski definition) is 1.